The Labute approximate surface area is 196 Å². The lowest BCUT2D eigenvalue weighted by molar-refractivity contribution is -0.116. The van der Waals surface area contributed by atoms with Gasteiger partial charge in [0.05, 0.1) is 23.1 Å². The summed E-state index contributed by atoms with van der Waals surface area (Å²) in [5.74, 6) is 0.0416. The highest BCUT2D eigenvalue weighted by atomic mass is 32.1. The molecule has 2 aromatic rings. The molecule has 5 nitrogen and oxygen atoms in total. The zero-order valence-electron chi connectivity index (χ0n) is 18.0. The number of carbonyl (C=O) groups excluding carboxylic acids is 1. The third-order valence-electron chi connectivity index (χ3n) is 6.79. The average molecular weight is 461 g/mol. The van der Waals surface area contributed by atoms with Crippen molar-refractivity contribution in [1.82, 2.24) is 0 Å². The minimum absolute atomic E-state index is 0.0888. The van der Waals surface area contributed by atoms with Gasteiger partial charge < -0.3 is 5.73 Å². The number of rotatable bonds is 2. The van der Waals surface area contributed by atoms with E-state index in [1.54, 1.807) is 22.7 Å². The average Bonchev–Trinajstić information content (AvgIpc) is 3.27. The third kappa shape index (κ3) is 3.11. The monoisotopic (exact) mass is 460 g/mol. The lowest BCUT2D eigenvalue weighted by Gasteiger charge is -2.39. The van der Waals surface area contributed by atoms with E-state index in [1.807, 2.05) is 23.3 Å². The summed E-state index contributed by atoms with van der Waals surface area (Å²) >= 11 is 3.19. The summed E-state index contributed by atoms with van der Waals surface area (Å²) in [4.78, 5) is 17.4. The van der Waals surface area contributed by atoms with Crippen LogP contribution in [0.3, 0.4) is 0 Å². The number of nitrogens with zero attached hydrogens (tertiary/aromatic N) is 3. The number of ketones is 1. The molecule has 2 aliphatic carbocycles. The Balaban J connectivity index is 1.76. The molecule has 0 bridgehead atoms. The van der Waals surface area contributed by atoms with E-state index >= 15 is 0 Å². The first kappa shape index (κ1) is 21.0. The zero-order valence-corrected chi connectivity index (χ0v) is 19.7. The number of Topliss-reactive ketones (excluding diaryl/α,β-unsaturated/α-hetero) is 1. The van der Waals surface area contributed by atoms with Gasteiger partial charge in [-0.25, -0.2) is 0 Å². The molecule has 32 heavy (non-hydrogen) atoms. The van der Waals surface area contributed by atoms with E-state index in [-0.39, 0.29) is 5.78 Å². The van der Waals surface area contributed by atoms with Gasteiger partial charge in [0.1, 0.15) is 16.9 Å². The molecule has 2 N–H and O–H groups in total. The molecular weight excluding hydrogens is 436 g/mol. The molecule has 3 heterocycles. The van der Waals surface area contributed by atoms with Crippen molar-refractivity contribution in [2.75, 3.05) is 4.90 Å². The number of fused-ring (bicyclic) bond motifs is 1. The summed E-state index contributed by atoms with van der Waals surface area (Å²) in [7, 11) is 0. The van der Waals surface area contributed by atoms with E-state index in [9.17, 15) is 15.3 Å². The second-order valence-corrected chi connectivity index (χ2v) is 10.7. The van der Waals surface area contributed by atoms with E-state index in [4.69, 9.17) is 5.73 Å². The molecule has 162 valence electrons. The van der Waals surface area contributed by atoms with Crippen LogP contribution >= 0.6 is 22.7 Å². The number of carbonyl (C=O) groups is 1. The molecule has 0 amide bonds. The summed E-state index contributed by atoms with van der Waals surface area (Å²) in [6.07, 6.45) is 7.22. The number of nitrogens with two attached hydrogens (primary N) is 1. The minimum Gasteiger partial charge on any atom is -0.384 e. The highest BCUT2D eigenvalue weighted by molar-refractivity contribution is 7.16. The molecule has 1 aliphatic heterocycles. The van der Waals surface area contributed by atoms with Crippen molar-refractivity contribution < 1.29 is 4.79 Å². The van der Waals surface area contributed by atoms with Crippen molar-refractivity contribution in [3.63, 3.8) is 0 Å². The van der Waals surface area contributed by atoms with E-state index in [0.717, 1.165) is 65.2 Å². The van der Waals surface area contributed by atoms with Gasteiger partial charge in [0.15, 0.2) is 5.78 Å². The summed E-state index contributed by atoms with van der Waals surface area (Å²) in [6.45, 7) is 2.01. The molecule has 1 atom stereocenters. The Bertz CT molecular complexity index is 1260. The molecule has 0 spiro atoms. The van der Waals surface area contributed by atoms with Gasteiger partial charge in [-0.2, -0.15) is 10.5 Å². The quantitative estimate of drug-likeness (QED) is 0.592. The largest absolute Gasteiger partial charge is 0.384 e. The number of aryl methyl sites for hydroxylation is 2. The van der Waals surface area contributed by atoms with Crippen LogP contribution in [0, 0.1) is 29.6 Å². The molecule has 5 rings (SSSR count). The molecule has 0 aromatic carbocycles. The Hall–Kier alpha value is -2.87. The maximum atomic E-state index is 13.3. The number of hydrogen-bond acceptors (Lipinski definition) is 7. The number of thiophene rings is 2. The zero-order chi connectivity index (χ0) is 22.4. The van der Waals surface area contributed by atoms with E-state index < -0.39 is 5.92 Å². The van der Waals surface area contributed by atoms with Crippen LogP contribution in [-0.2, 0) is 17.6 Å². The van der Waals surface area contributed by atoms with Gasteiger partial charge in [-0.3, -0.25) is 9.69 Å². The van der Waals surface area contributed by atoms with Gasteiger partial charge in [-0.15, -0.1) is 22.7 Å². The predicted octanol–water partition coefficient (Wildman–Crippen LogP) is 5.56. The minimum atomic E-state index is -0.414. The number of allylic oxidation sites excluding steroid dienone is 3. The van der Waals surface area contributed by atoms with Crippen molar-refractivity contribution in [2.24, 2.45) is 5.73 Å². The molecule has 2 aromatic heterocycles. The fraction of sp³-hybridized carbons (Fsp3) is 0.400. The topological polar surface area (TPSA) is 93.9 Å². The normalized spacial score (nSPS) is 21.0. The van der Waals surface area contributed by atoms with E-state index in [1.165, 1.54) is 11.3 Å². The Morgan fingerprint density at radius 1 is 1.09 bits per heavy atom. The Morgan fingerprint density at radius 2 is 1.91 bits per heavy atom. The van der Waals surface area contributed by atoms with Crippen molar-refractivity contribution in [3.05, 3.63) is 60.6 Å². The van der Waals surface area contributed by atoms with E-state index in [2.05, 4.69) is 12.1 Å². The standard InChI is InChI=1S/C25H24N4OS2/c1-14-10-11-31-23(14)21-17(13-27)24(28)29(18-7-5-8-19(30)22(18)21)25-16(12-26)15-6-3-2-4-9-20(15)32-25/h10-11,21H,2-9,28H2,1H3/t21-/m1/s1. The van der Waals surface area contributed by atoms with Crippen LogP contribution in [0.1, 0.15) is 70.9 Å². The van der Waals surface area contributed by atoms with Crippen LogP contribution in [-0.4, -0.2) is 5.78 Å². The SMILES string of the molecule is Cc1ccsc1[C@@H]1C(C#N)=C(N)N(c2sc3c(c2C#N)CCCCC3)C2=C1C(=O)CCC2. The fourth-order valence-electron chi connectivity index (χ4n) is 5.26. The van der Waals surface area contributed by atoms with Crippen molar-refractivity contribution in [3.8, 4) is 12.1 Å². The summed E-state index contributed by atoms with van der Waals surface area (Å²) in [6, 6.07) is 6.80. The Kier molecular flexibility index (Phi) is 5.41. The van der Waals surface area contributed by atoms with Crippen molar-refractivity contribution in [2.45, 2.75) is 64.2 Å². The fourth-order valence-corrected chi connectivity index (χ4v) is 7.68. The van der Waals surface area contributed by atoms with Gasteiger partial charge in [0.2, 0.25) is 0 Å². The van der Waals surface area contributed by atoms with Gasteiger partial charge in [0.25, 0.3) is 0 Å². The highest BCUT2D eigenvalue weighted by Gasteiger charge is 2.42. The molecule has 3 aliphatic rings. The van der Waals surface area contributed by atoms with Gasteiger partial charge in [0, 0.05) is 27.4 Å². The second-order valence-electron chi connectivity index (χ2n) is 8.64. The maximum absolute atomic E-state index is 13.3. The van der Waals surface area contributed by atoms with Gasteiger partial charge >= 0.3 is 0 Å². The van der Waals surface area contributed by atoms with Crippen molar-refractivity contribution in [1.29, 1.82) is 10.5 Å². The number of anilines is 1. The Morgan fingerprint density at radius 3 is 2.62 bits per heavy atom. The first-order valence-corrected chi connectivity index (χ1v) is 12.8. The number of nitriles is 2. The summed E-state index contributed by atoms with van der Waals surface area (Å²) in [5.41, 5.74) is 11.6. The lowest BCUT2D eigenvalue weighted by atomic mass is 9.77. The number of hydrogen-bond donors (Lipinski definition) is 1. The van der Waals surface area contributed by atoms with Crippen LogP contribution in [0.25, 0.3) is 0 Å². The summed E-state index contributed by atoms with van der Waals surface area (Å²) in [5, 5.41) is 23.1. The van der Waals surface area contributed by atoms with E-state index in [0.29, 0.717) is 29.0 Å². The first-order chi connectivity index (χ1) is 15.6. The van der Waals surface area contributed by atoms with Crippen LogP contribution in [0.15, 0.2) is 34.1 Å². The van der Waals surface area contributed by atoms with Crippen LogP contribution in [0.4, 0.5) is 5.00 Å². The molecular formula is C25H24N4OS2. The van der Waals surface area contributed by atoms with Gasteiger partial charge in [-0.1, -0.05) is 6.42 Å². The molecule has 0 fully saturated rings. The molecule has 0 radical (unpaired) electrons. The van der Waals surface area contributed by atoms with Crippen LogP contribution in [0.2, 0.25) is 0 Å². The maximum Gasteiger partial charge on any atom is 0.161 e. The van der Waals surface area contributed by atoms with Crippen LogP contribution in [0.5, 0.6) is 0 Å². The smallest absolute Gasteiger partial charge is 0.161 e. The van der Waals surface area contributed by atoms with Crippen molar-refractivity contribution >= 4 is 33.5 Å². The predicted molar refractivity (Wildman–Crippen MR) is 127 cm³/mol. The second kappa shape index (κ2) is 8.24. The van der Waals surface area contributed by atoms with Crippen LogP contribution < -0.4 is 10.6 Å². The summed E-state index contributed by atoms with van der Waals surface area (Å²) < 4.78 is 0. The first-order valence-electron chi connectivity index (χ1n) is 11.1. The molecule has 0 saturated heterocycles. The molecule has 0 unspecified atom stereocenters. The highest BCUT2D eigenvalue weighted by Crippen LogP contribution is 2.51. The molecule has 7 heteroatoms. The lowest BCUT2D eigenvalue weighted by Crippen LogP contribution is -2.38. The molecule has 0 saturated carbocycles. The van der Waals surface area contributed by atoms with Gasteiger partial charge in [-0.05, 0) is 68.0 Å². The third-order valence-corrected chi connectivity index (χ3v) is 9.16.